The quantitative estimate of drug-likeness (QED) is 0.0667. The molecule has 4 aromatic carbocycles. The van der Waals surface area contributed by atoms with Crippen LogP contribution in [-0.4, -0.2) is 43.2 Å². The van der Waals surface area contributed by atoms with Crippen molar-refractivity contribution < 1.29 is 28.7 Å². The molecule has 0 fully saturated rings. The Morgan fingerprint density at radius 2 is 1.58 bits per heavy atom. The summed E-state index contributed by atoms with van der Waals surface area (Å²) in [4.78, 5) is 55.0. The number of hydrogen-bond donors (Lipinski definition) is 3. The van der Waals surface area contributed by atoms with Crippen LogP contribution in [0.25, 0.3) is 6.08 Å². The number of thioether (sulfide) groups is 1. The second kappa shape index (κ2) is 17.2. The number of hydrogen-bond acceptors (Lipinski definition) is 8. The SMILES string of the molecule is COC(=O)c1c(NC(=O)C(C)Sc2cccc(NC(=O)/C(=C\c3ccc(OC)cc3)NC(=O)c3ccccc3)c2)sc2c1CCC(c1ccccc1)C2. The van der Waals surface area contributed by atoms with E-state index >= 15 is 0 Å². The van der Waals surface area contributed by atoms with E-state index in [-0.39, 0.29) is 11.6 Å². The highest BCUT2D eigenvalue weighted by Gasteiger charge is 2.31. The summed E-state index contributed by atoms with van der Waals surface area (Å²) in [5.74, 6) is -0.671. The number of thiophene rings is 1. The summed E-state index contributed by atoms with van der Waals surface area (Å²) in [5, 5.41) is 8.61. The monoisotopic (exact) mass is 745 g/mol. The van der Waals surface area contributed by atoms with E-state index in [1.165, 1.54) is 35.8 Å². The lowest BCUT2D eigenvalue weighted by molar-refractivity contribution is -0.115. The molecule has 1 heterocycles. The molecule has 2 unspecified atom stereocenters. The lowest BCUT2D eigenvalue weighted by Gasteiger charge is -2.22. The largest absolute Gasteiger partial charge is 0.497 e. The molecule has 1 aromatic heterocycles. The van der Waals surface area contributed by atoms with Gasteiger partial charge in [0.15, 0.2) is 0 Å². The molecule has 3 N–H and O–H groups in total. The van der Waals surface area contributed by atoms with E-state index in [0.717, 1.165) is 34.6 Å². The first-order valence-electron chi connectivity index (χ1n) is 17.1. The van der Waals surface area contributed by atoms with Crippen LogP contribution in [0.1, 0.15) is 61.5 Å². The van der Waals surface area contributed by atoms with Crippen LogP contribution in [0.3, 0.4) is 0 Å². The Balaban J connectivity index is 1.15. The number of anilines is 2. The van der Waals surface area contributed by atoms with E-state index < -0.39 is 23.0 Å². The third-order valence-corrected chi connectivity index (χ3v) is 11.2. The Morgan fingerprint density at radius 3 is 2.28 bits per heavy atom. The Bertz CT molecular complexity index is 2130. The van der Waals surface area contributed by atoms with Gasteiger partial charge in [0.2, 0.25) is 5.91 Å². The average molecular weight is 746 g/mol. The Morgan fingerprint density at radius 1 is 0.868 bits per heavy atom. The number of esters is 1. The normalized spacial score (nSPS) is 14.3. The molecule has 9 nitrogen and oxygen atoms in total. The second-order valence-electron chi connectivity index (χ2n) is 12.4. The molecule has 0 bridgehead atoms. The predicted molar refractivity (Wildman–Crippen MR) is 211 cm³/mol. The van der Waals surface area contributed by atoms with Gasteiger partial charge in [-0.1, -0.05) is 66.7 Å². The van der Waals surface area contributed by atoms with Gasteiger partial charge in [-0.3, -0.25) is 14.4 Å². The van der Waals surface area contributed by atoms with E-state index in [2.05, 4.69) is 28.1 Å². The molecule has 0 radical (unpaired) electrons. The standard InChI is InChI=1S/C42H39N3O6S2/c1-26(38(46)45-41-37(42(49)51-3)34-22-19-30(24-36(34)53-41)28-11-6-4-7-12-28)52-33-16-10-15-31(25-33)43-40(48)35(23-27-17-20-32(50-2)21-18-27)44-39(47)29-13-8-5-9-14-29/h4-18,20-21,23,25-26,30H,19,22,24H2,1-3H3,(H,43,48)(H,44,47)(H,45,46)/b35-23+. The summed E-state index contributed by atoms with van der Waals surface area (Å²) in [6.45, 7) is 1.79. The highest BCUT2D eigenvalue weighted by atomic mass is 32.2. The zero-order chi connectivity index (χ0) is 37.3. The first kappa shape index (κ1) is 37.1. The highest BCUT2D eigenvalue weighted by molar-refractivity contribution is 8.00. The number of fused-ring (bicyclic) bond motifs is 1. The number of amides is 3. The van der Waals surface area contributed by atoms with Gasteiger partial charge in [0.05, 0.1) is 25.0 Å². The van der Waals surface area contributed by atoms with Crippen molar-refractivity contribution >= 4 is 63.6 Å². The van der Waals surface area contributed by atoms with Crippen LogP contribution in [0.2, 0.25) is 0 Å². The fourth-order valence-electron chi connectivity index (χ4n) is 6.13. The fourth-order valence-corrected chi connectivity index (χ4v) is 8.37. The molecule has 0 saturated heterocycles. The van der Waals surface area contributed by atoms with Crippen molar-refractivity contribution in [1.82, 2.24) is 5.32 Å². The fraction of sp³-hybridized carbons (Fsp3) is 0.190. The van der Waals surface area contributed by atoms with E-state index in [1.807, 2.05) is 30.3 Å². The smallest absolute Gasteiger partial charge is 0.341 e. The van der Waals surface area contributed by atoms with Gasteiger partial charge in [0.1, 0.15) is 16.4 Å². The maximum absolute atomic E-state index is 13.6. The number of ether oxygens (including phenoxy) is 2. The molecule has 11 heteroatoms. The van der Waals surface area contributed by atoms with E-state index in [1.54, 1.807) is 86.8 Å². The van der Waals surface area contributed by atoms with Gasteiger partial charge in [0, 0.05) is 21.0 Å². The van der Waals surface area contributed by atoms with Gasteiger partial charge in [-0.25, -0.2) is 4.79 Å². The van der Waals surface area contributed by atoms with E-state index in [4.69, 9.17) is 9.47 Å². The maximum Gasteiger partial charge on any atom is 0.341 e. The van der Waals surface area contributed by atoms with Gasteiger partial charge in [-0.05, 0) is 97.3 Å². The highest BCUT2D eigenvalue weighted by Crippen LogP contribution is 2.43. The first-order valence-corrected chi connectivity index (χ1v) is 18.8. The van der Waals surface area contributed by atoms with Crippen LogP contribution in [-0.2, 0) is 27.2 Å². The molecular formula is C42H39N3O6S2. The van der Waals surface area contributed by atoms with Crippen LogP contribution in [0.4, 0.5) is 10.7 Å². The second-order valence-corrected chi connectivity index (χ2v) is 15.0. The molecule has 3 amide bonds. The van der Waals surface area contributed by atoms with Crippen LogP contribution in [0, 0.1) is 0 Å². The number of carbonyl (C=O) groups excluding carboxylic acids is 4. The summed E-state index contributed by atoms with van der Waals surface area (Å²) >= 11 is 2.76. The molecule has 5 aromatic rings. The zero-order valence-corrected chi connectivity index (χ0v) is 31.1. The number of carbonyl (C=O) groups is 4. The number of nitrogens with one attached hydrogen (secondary N) is 3. The van der Waals surface area contributed by atoms with Crippen molar-refractivity contribution in [3.8, 4) is 5.75 Å². The van der Waals surface area contributed by atoms with Gasteiger partial charge in [-0.2, -0.15) is 0 Å². The Kier molecular flexibility index (Phi) is 12.1. The molecule has 1 aliphatic carbocycles. The average Bonchev–Trinajstić information content (AvgIpc) is 3.55. The molecule has 1 aliphatic rings. The maximum atomic E-state index is 13.6. The molecule has 270 valence electrons. The summed E-state index contributed by atoms with van der Waals surface area (Å²) in [5.41, 5.74) is 4.28. The van der Waals surface area contributed by atoms with Crippen molar-refractivity contribution in [2.75, 3.05) is 24.9 Å². The van der Waals surface area contributed by atoms with Crippen molar-refractivity contribution in [2.45, 2.75) is 42.2 Å². The summed E-state index contributed by atoms with van der Waals surface area (Å²) < 4.78 is 10.4. The van der Waals surface area contributed by atoms with Crippen molar-refractivity contribution in [3.63, 3.8) is 0 Å². The van der Waals surface area contributed by atoms with E-state index in [9.17, 15) is 19.2 Å². The lowest BCUT2D eigenvalue weighted by atomic mass is 9.83. The molecule has 0 saturated carbocycles. The minimum absolute atomic E-state index is 0.0463. The third kappa shape index (κ3) is 9.24. The zero-order valence-electron chi connectivity index (χ0n) is 29.5. The van der Waals surface area contributed by atoms with Gasteiger partial charge < -0.3 is 25.4 Å². The van der Waals surface area contributed by atoms with Crippen molar-refractivity contribution in [2.24, 2.45) is 0 Å². The molecule has 2 atom stereocenters. The minimum Gasteiger partial charge on any atom is -0.497 e. The predicted octanol–water partition coefficient (Wildman–Crippen LogP) is 8.34. The third-order valence-electron chi connectivity index (χ3n) is 8.89. The summed E-state index contributed by atoms with van der Waals surface area (Å²) in [6, 6.07) is 33.2. The minimum atomic E-state index is -0.543. The number of rotatable bonds is 12. The number of benzene rings is 4. The Hall–Kier alpha value is -5.65. The summed E-state index contributed by atoms with van der Waals surface area (Å²) in [6.07, 6.45) is 4.01. The topological polar surface area (TPSA) is 123 Å². The number of methoxy groups -OCH3 is 2. The van der Waals surface area contributed by atoms with Crippen LogP contribution in [0.5, 0.6) is 5.75 Å². The van der Waals surface area contributed by atoms with Crippen molar-refractivity contribution in [3.05, 3.63) is 148 Å². The van der Waals surface area contributed by atoms with Gasteiger partial charge in [-0.15, -0.1) is 23.1 Å². The first-order chi connectivity index (χ1) is 25.7. The Labute approximate surface area is 316 Å². The molecule has 0 aliphatic heterocycles. The lowest BCUT2D eigenvalue weighted by Crippen LogP contribution is -2.30. The molecule has 6 rings (SSSR count). The van der Waals surface area contributed by atoms with Crippen LogP contribution >= 0.6 is 23.1 Å². The molecule has 53 heavy (non-hydrogen) atoms. The van der Waals surface area contributed by atoms with Crippen LogP contribution in [0.15, 0.2) is 120 Å². The van der Waals surface area contributed by atoms with Crippen LogP contribution < -0.4 is 20.7 Å². The van der Waals surface area contributed by atoms with Gasteiger partial charge in [0.25, 0.3) is 11.8 Å². The van der Waals surface area contributed by atoms with Gasteiger partial charge >= 0.3 is 5.97 Å². The van der Waals surface area contributed by atoms with E-state index in [0.29, 0.717) is 39.0 Å². The molecule has 0 spiro atoms. The van der Waals surface area contributed by atoms with Crippen molar-refractivity contribution in [1.29, 1.82) is 0 Å². The molecular weight excluding hydrogens is 707 g/mol. The summed E-state index contributed by atoms with van der Waals surface area (Å²) in [7, 11) is 2.92.